The molecule has 1 aliphatic heterocycles. The van der Waals surface area contributed by atoms with Crippen LogP contribution in [0.3, 0.4) is 0 Å². The van der Waals surface area contributed by atoms with Crippen LogP contribution in [0.15, 0.2) is 53.5 Å². The summed E-state index contributed by atoms with van der Waals surface area (Å²) in [5.74, 6) is 0.640. The lowest BCUT2D eigenvalue weighted by Gasteiger charge is -2.37. The first-order valence-electron chi connectivity index (χ1n) is 8.65. The number of benzene rings is 2. The zero-order valence-corrected chi connectivity index (χ0v) is 17.6. The van der Waals surface area contributed by atoms with Crippen molar-refractivity contribution >= 4 is 35.6 Å². The molecule has 0 atom stereocenters. The number of guanidine groups is 1. The fraction of sp³-hybridized carbons (Fsp3) is 0.300. The van der Waals surface area contributed by atoms with Gasteiger partial charge in [0.25, 0.3) is 0 Å². The van der Waals surface area contributed by atoms with Gasteiger partial charge in [0, 0.05) is 39.8 Å². The Hall–Kier alpha value is -2.34. The Kier molecular flexibility index (Phi) is 7.85. The zero-order valence-electron chi connectivity index (χ0n) is 15.2. The molecule has 1 heterocycles. The summed E-state index contributed by atoms with van der Waals surface area (Å²) in [6.07, 6.45) is 0. The topological polar surface area (TPSA) is 54.7 Å². The SMILES string of the molecule is CN=C(NCc1cccc(C#N)c1)N1CCN(c2ccccc2F)CC1.I. The van der Waals surface area contributed by atoms with Crippen LogP contribution in [0.25, 0.3) is 0 Å². The van der Waals surface area contributed by atoms with E-state index in [-0.39, 0.29) is 29.8 Å². The van der Waals surface area contributed by atoms with Gasteiger partial charge < -0.3 is 15.1 Å². The molecule has 0 spiro atoms. The maximum absolute atomic E-state index is 14.0. The van der Waals surface area contributed by atoms with Crippen molar-refractivity contribution < 1.29 is 4.39 Å². The van der Waals surface area contributed by atoms with Crippen LogP contribution in [0.2, 0.25) is 0 Å². The van der Waals surface area contributed by atoms with Gasteiger partial charge in [0.2, 0.25) is 0 Å². The third kappa shape index (κ3) is 5.32. The highest BCUT2D eigenvalue weighted by Crippen LogP contribution is 2.20. The molecule has 0 amide bonds. The molecule has 27 heavy (non-hydrogen) atoms. The standard InChI is InChI=1S/C20H22FN5.HI/c1-23-20(24-15-17-6-4-5-16(13-17)14-22)26-11-9-25(10-12-26)19-8-3-2-7-18(19)21;/h2-8,13H,9-12,15H2,1H3,(H,23,24);1H. The Morgan fingerprint density at radius 1 is 1.15 bits per heavy atom. The first-order valence-corrected chi connectivity index (χ1v) is 8.65. The fourth-order valence-corrected chi connectivity index (χ4v) is 3.13. The molecule has 3 rings (SSSR count). The first-order chi connectivity index (χ1) is 12.7. The Bertz CT molecular complexity index is 825. The van der Waals surface area contributed by atoms with Crippen molar-refractivity contribution in [1.29, 1.82) is 5.26 Å². The molecule has 0 bridgehead atoms. The summed E-state index contributed by atoms with van der Waals surface area (Å²) in [6, 6.07) is 16.6. The molecule has 5 nitrogen and oxygen atoms in total. The lowest BCUT2D eigenvalue weighted by atomic mass is 10.1. The second-order valence-corrected chi connectivity index (χ2v) is 6.14. The van der Waals surface area contributed by atoms with E-state index >= 15 is 0 Å². The van der Waals surface area contributed by atoms with Gasteiger partial charge >= 0.3 is 0 Å². The molecule has 0 aromatic heterocycles. The first kappa shape index (κ1) is 21.0. The van der Waals surface area contributed by atoms with Crippen molar-refractivity contribution in [2.24, 2.45) is 4.99 Å². The van der Waals surface area contributed by atoms with Gasteiger partial charge in [-0.1, -0.05) is 24.3 Å². The number of hydrogen-bond acceptors (Lipinski definition) is 3. The molecule has 142 valence electrons. The van der Waals surface area contributed by atoms with Crippen LogP contribution in [0.1, 0.15) is 11.1 Å². The number of rotatable bonds is 3. The number of aliphatic imine (C=N–C) groups is 1. The lowest BCUT2D eigenvalue weighted by Crippen LogP contribution is -2.52. The van der Waals surface area contributed by atoms with E-state index in [0.717, 1.165) is 37.7 Å². The third-order valence-corrected chi connectivity index (χ3v) is 4.49. The van der Waals surface area contributed by atoms with E-state index in [1.807, 2.05) is 30.3 Å². The molecule has 1 N–H and O–H groups in total. The number of nitrogens with one attached hydrogen (secondary N) is 1. The molecule has 0 saturated carbocycles. The average Bonchev–Trinajstić information content (AvgIpc) is 2.69. The Labute approximate surface area is 176 Å². The van der Waals surface area contributed by atoms with Crippen LogP contribution < -0.4 is 10.2 Å². The molecule has 0 aliphatic carbocycles. The van der Waals surface area contributed by atoms with Crippen LogP contribution in [-0.2, 0) is 6.54 Å². The number of anilines is 1. The summed E-state index contributed by atoms with van der Waals surface area (Å²) >= 11 is 0. The van der Waals surface area contributed by atoms with Gasteiger partial charge in [-0.3, -0.25) is 4.99 Å². The molecule has 0 radical (unpaired) electrons. The highest BCUT2D eigenvalue weighted by molar-refractivity contribution is 14.0. The van der Waals surface area contributed by atoms with Crippen LogP contribution in [0.4, 0.5) is 10.1 Å². The Morgan fingerprint density at radius 2 is 1.89 bits per heavy atom. The van der Waals surface area contributed by atoms with Crippen LogP contribution in [-0.4, -0.2) is 44.1 Å². The van der Waals surface area contributed by atoms with Crippen LogP contribution >= 0.6 is 24.0 Å². The highest BCUT2D eigenvalue weighted by Gasteiger charge is 2.21. The van der Waals surface area contributed by atoms with Crippen LogP contribution in [0, 0.1) is 17.1 Å². The van der Waals surface area contributed by atoms with E-state index in [1.165, 1.54) is 6.07 Å². The number of para-hydroxylation sites is 1. The molecular weight excluding hydrogens is 456 g/mol. The highest BCUT2D eigenvalue weighted by atomic mass is 127. The van der Waals surface area contributed by atoms with Crippen molar-refractivity contribution in [2.45, 2.75) is 6.54 Å². The van der Waals surface area contributed by atoms with Gasteiger partial charge in [-0.2, -0.15) is 5.26 Å². The zero-order chi connectivity index (χ0) is 18.4. The average molecular weight is 479 g/mol. The fourth-order valence-electron chi connectivity index (χ4n) is 3.13. The van der Waals surface area contributed by atoms with E-state index in [0.29, 0.717) is 17.8 Å². The van der Waals surface area contributed by atoms with Gasteiger partial charge in [-0.05, 0) is 29.8 Å². The Morgan fingerprint density at radius 3 is 2.56 bits per heavy atom. The molecule has 0 unspecified atom stereocenters. The van der Waals surface area contributed by atoms with E-state index in [4.69, 9.17) is 5.26 Å². The van der Waals surface area contributed by atoms with Crippen LogP contribution in [0.5, 0.6) is 0 Å². The summed E-state index contributed by atoms with van der Waals surface area (Å²) < 4.78 is 14.0. The van der Waals surface area contributed by atoms with Crippen molar-refractivity contribution in [3.05, 3.63) is 65.5 Å². The second-order valence-electron chi connectivity index (χ2n) is 6.14. The number of piperazine rings is 1. The third-order valence-electron chi connectivity index (χ3n) is 4.49. The quantitative estimate of drug-likeness (QED) is 0.418. The summed E-state index contributed by atoms with van der Waals surface area (Å²) in [5, 5.41) is 12.3. The lowest BCUT2D eigenvalue weighted by molar-refractivity contribution is 0.370. The van der Waals surface area contributed by atoms with Gasteiger partial charge in [-0.25, -0.2) is 4.39 Å². The molecule has 7 heteroatoms. The second kappa shape index (κ2) is 10.1. The van der Waals surface area contributed by atoms with Crippen molar-refractivity contribution in [2.75, 3.05) is 38.1 Å². The van der Waals surface area contributed by atoms with Crippen molar-refractivity contribution in [3.8, 4) is 6.07 Å². The summed E-state index contributed by atoms with van der Waals surface area (Å²) in [7, 11) is 1.76. The largest absolute Gasteiger partial charge is 0.366 e. The smallest absolute Gasteiger partial charge is 0.194 e. The van der Waals surface area contributed by atoms with Gasteiger partial charge in [0.1, 0.15) is 5.82 Å². The van der Waals surface area contributed by atoms with E-state index < -0.39 is 0 Å². The van der Waals surface area contributed by atoms with Crippen molar-refractivity contribution in [1.82, 2.24) is 10.2 Å². The van der Waals surface area contributed by atoms with Gasteiger partial charge in [-0.15, -0.1) is 24.0 Å². The number of hydrogen-bond donors (Lipinski definition) is 1. The number of halogens is 2. The van der Waals surface area contributed by atoms with Crippen molar-refractivity contribution in [3.63, 3.8) is 0 Å². The Balaban J connectivity index is 0.00000261. The molecule has 2 aromatic carbocycles. The van der Waals surface area contributed by atoms with Gasteiger partial charge in [0.05, 0.1) is 17.3 Å². The maximum Gasteiger partial charge on any atom is 0.194 e. The minimum absolute atomic E-state index is 0. The number of nitriles is 1. The maximum atomic E-state index is 14.0. The molecular formula is C20H23FIN5. The molecule has 2 aromatic rings. The minimum atomic E-state index is -0.180. The summed E-state index contributed by atoms with van der Waals surface area (Å²) in [4.78, 5) is 8.60. The molecule has 1 fully saturated rings. The van der Waals surface area contributed by atoms with E-state index in [9.17, 15) is 4.39 Å². The predicted molar refractivity (Wildman–Crippen MR) is 117 cm³/mol. The molecule has 1 saturated heterocycles. The normalized spacial score (nSPS) is 14.3. The van der Waals surface area contributed by atoms with E-state index in [1.54, 1.807) is 19.2 Å². The monoisotopic (exact) mass is 479 g/mol. The molecule has 1 aliphatic rings. The summed E-state index contributed by atoms with van der Waals surface area (Å²) in [6.45, 7) is 3.63. The summed E-state index contributed by atoms with van der Waals surface area (Å²) in [5.41, 5.74) is 2.34. The number of nitrogens with zero attached hydrogens (tertiary/aromatic N) is 4. The predicted octanol–water partition coefficient (Wildman–Crippen LogP) is 3.21. The van der Waals surface area contributed by atoms with Gasteiger partial charge in [0.15, 0.2) is 5.96 Å². The van der Waals surface area contributed by atoms with E-state index in [2.05, 4.69) is 26.2 Å². The minimum Gasteiger partial charge on any atom is -0.366 e.